The van der Waals surface area contributed by atoms with Crippen molar-refractivity contribution in [1.82, 2.24) is 9.21 Å². The van der Waals surface area contributed by atoms with Gasteiger partial charge in [-0.25, -0.2) is 8.42 Å². The largest absolute Gasteiger partial charge is 0.302 e. The monoisotopic (exact) mass is 330 g/mol. The number of likely N-dealkylation sites (tertiary alicyclic amines) is 1. The molecule has 21 heavy (non-hydrogen) atoms. The Morgan fingerprint density at radius 2 is 2.14 bits per heavy atom. The zero-order valence-electron chi connectivity index (χ0n) is 12.8. The number of benzene rings is 1. The van der Waals surface area contributed by atoms with E-state index in [0.717, 1.165) is 30.5 Å². The first-order valence-corrected chi connectivity index (χ1v) is 9.16. The quantitative estimate of drug-likeness (QED) is 0.779. The molecule has 0 aromatic heterocycles. The molecule has 1 atom stereocenters. The predicted molar refractivity (Wildman–Crippen MR) is 86.2 cm³/mol. The van der Waals surface area contributed by atoms with Crippen LogP contribution in [0.25, 0.3) is 0 Å². The molecule has 0 bridgehead atoms. The van der Waals surface area contributed by atoms with E-state index in [1.165, 1.54) is 4.31 Å². The highest BCUT2D eigenvalue weighted by Crippen LogP contribution is 2.23. The van der Waals surface area contributed by atoms with Crippen molar-refractivity contribution >= 4 is 21.6 Å². The van der Waals surface area contributed by atoms with E-state index in [4.69, 9.17) is 11.6 Å². The first-order valence-electron chi connectivity index (χ1n) is 7.18. The van der Waals surface area contributed by atoms with Crippen molar-refractivity contribution in [3.05, 3.63) is 29.3 Å². The number of alkyl halides is 1. The maximum atomic E-state index is 12.8. The number of likely N-dealkylation sites (N-methyl/N-ethyl adjacent to an activating group) is 2. The van der Waals surface area contributed by atoms with Crippen molar-refractivity contribution in [2.24, 2.45) is 0 Å². The average Bonchev–Trinajstić information content (AvgIpc) is 2.84. The van der Waals surface area contributed by atoms with Gasteiger partial charge in [0, 0.05) is 25.5 Å². The third-order valence-electron chi connectivity index (χ3n) is 4.23. The lowest BCUT2D eigenvalue weighted by atomic mass is 10.2. The Morgan fingerprint density at radius 3 is 2.71 bits per heavy atom. The van der Waals surface area contributed by atoms with Gasteiger partial charge in [0.15, 0.2) is 0 Å². The number of aryl methyl sites for hydroxylation is 1. The third-order valence-corrected chi connectivity index (χ3v) is 6.51. The molecule has 0 saturated carbocycles. The first-order chi connectivity index (χ1) is 9.86. The van der Waals surface area contributed by atoms with E-state index in [-0.39, 0.29) is 0 Å². The third kappa shape index (κ3) is 3.59. The van der Waals surface area contributed by atoms with Crippen LogP contribution in [0.15, 0.2) is 23.1 Å². The maximum absolute atomic E-state index is 12.8. The van der Waals surface area contributed by atoms with Gasteiger partial charge in [0.2, 0.25) is 10.0 Å². The predicted octanol–water partition coefficient (Wildman–Crippen LogP) is 2.45. The fraction of sp³-hybridized carbons (Fsp3) is 0.600. The zero-order chi connectivity index (χ0) is 15.6. The molecule has 1 heterocycles. The minimum Gasteiger partial charge on any atom is -0.302 e. The van der Waals surface area contributed by atoms with Gasteiger partial charge >= 0.3 is 0 Å². The van der Waals surface area contributed by atoms with Crippen molar-refractivity contribution < 1.29 is 8.42 Å². The van der Waals surface area contributed by atoms with E-state index in [2.05, 4.69) is 11.9 Å². The minimum atomic E-state index is -3.47. The van der Waals surface area contributed by atoms with Crippen molar-refractivity contribution in [1.29, 1.82) is 0 Å². The van der Waals surface area contributed by atoms with Crippen LogP contribution in [-0.2, 0) is 15.9 Å². The molecule has 1 aromatic carbocycles. The van der Waals surface area contributed by atoms with E-state index in [1.54, 1.807) is 13.1 Å². The molecular weight excluding hydrogens is 308 g/mol. The van der Waals surface area contributed by atoms with Gasteiger partial charge in [0.05, 0.1) is 4.90 Å². The van der Waals surface area contributed by atoms with Crippen molar-refractivity contribution in [3.8, 4) is 0 Å². The second-order valence-electron chi connectivity index (χ2n) is 5.80. The van der Waals surface area contributed by atoms with Gasteiger partial charge < -0.3 is 4.90 Å². The van der Waals surface area contributed by atoms with Gasteiger partial charge in [-0.05, 0) is 50.6 Å². The number of nitrogens with zero attached hydrogens (tertiary/aromatic N) is 2. The molecule has 1 unspecified atom stereocenters. The summed E-state index contributed by atoms with van der Waals surface area (Å²) in [6.45, 7) is 3.39. The van der Waals surface area contributed by atoms with E-state index in [1.807, 2.05) is 19.1 Å². The van der Waals surface area contributed by atoms with Gasteiger partial charge in [-0.1, -0.05) is 12.1 Å². The van der Waals surface area contributed by atoms with Crippen LogP contribution in [0.2, 0.25) is 0 Å². The number of hydrogen-bond donors (Lipinski definition) is 0. The van der Waals surface area contributed by atoms with Crippen LogP contribution in [0.5, 0.6) is 0 Å². The highest BCUT2D eigenvalue weighted by Gasteiger charge is 2.29. The average molecular weight is 331 g/mol. The van der Waals surface area contributed by atoms with E-state index >= 15 is 0 Å². The summed E-state index contributed by atoms with van der Waals surface area (Å²) in [5.74, 6) is 0.317. The lowest BCUT2D eigenvalue weighted by Gasteiger charge is -2.26. The fourth-order valence-electron chi connectivity index (χ4n) is 2.78. The van der Waals surface area contributed by atoms with Crippen LogP contribution < -0.4 is 0 Å². The summed E-state index contributed by atoms with van der Waals surface area (Å²) in [4.78, 5) is 2.59. The number of rotatable bonds is 5. The van der Waals surface area contributed by atoms with Crippen LogP contribution in [0, 0.1) is 6.92 Å². The Morgan fingerprint density at radius 1 is 1.43 bits per heavy atom. The van der Waals surface area contributed by atoms with Crippen LogP contribution in [0.3, 0.4) is 0 Å². The van der Waals surface area contributed by atoms with Gasteiger partial charge in [-0.2, -0.15) is 4.31 Å². The van der Waals surface area contributed by atoms with Crippen molar-refractivity contribution in [2.45, 2.75) is 36.6 Å². The summed E-state index contributed by atoms with van der Waals surface area (Å²) in [7, 11) is 0.249. The van der Waals surface area contributed by atoms with Gasteiger partial charge in [0.1, 0.15) is 0 Å². The fourth-order valence-corrected chi connectivity index (χ4v) is 4.42. The van der Waals surface area contributed by atoms with Crippen LogP contribution in [0.1, 0.15) is 24.0 Å². The number of sulfonamides is 1. The lowest BCUT2D eigenvalue weighted by molar-refractivity contribution is 0.271. The summed E-state index contributed by atoms with van der Waals surface area (Å²) in [6, 6.07) is 5.68. The van der Waals surface area contributed by atoms with Crippen molar-refractivity contribution in [3.63, 3.8) is 0 Å². The molecule has 0 aliphatic carbocycles. The molecule has 118 valence electrons. The van der Waals surface area contributed by atoms with E-state index in [9.17, 15) is 8.42 Å². The summed E-state index contributed by atoms with van der Waals surface area (Å²) >= 11 is 5.82. The second-order valence-corrected chi connectivity index (χ2v) is 8.08. The molecule has 4 nitrogen and oxygen atoms in total. The molecule has 1 aliphatic heterocycles. The Kier molecular flexibility index (Phi) is 5.30. The summed E-state index contributed by atoms with van der Waals surface area (Å²) in [5, 5.41) is 0. The summed E-state index contributed by atoms with van der Waals surface area (Å²) in [5.41, 5.74) is 1.59. The van der Waals surface area contributed by atoms with Gasteiger partial charge in [0.25, 0.3) is 0 Å². The Hall–Kier alpha value is -0.620. The lowest BCUT2D eigenvalue weighted by Crippen LogP contribution is -2.39. The molecule has 1 saturated heterocycles. The standard InChI is InChI=1S/C15H23ClN2O2S/c1-12-6-7-13(10-16)9-15(12)21(19,20)18(3)11-14-5-4-8-17(14)2/h6-7,9,14H,4-5,8,10-11H2,1-3H3. The van der Waals surface area contributed by atoms with Crippen LogP contribution in [-0.4, -0.2) is 50.8 Å². The Labute approximate surface area is 132 Å². The minimum absolute atomic E-state index is 0.307. The molecule has 0 radical (unpaired) electrons. The van der Waals surface area contributed by atoms with Gasteiger partial charge in [-0.15, -0.1) is 11.6 Å². The molecular formula is C15H23ClN2O2S. The van der Waals surface area contributed by atoms with Crippen LogP contribution in [0.4, 0.5) is 0 Å². The maximum Gasteiger partial charge on any atom is 0.243 e. The molecule has 0 N–H and O–H groups in total. The van der Waals surface area contributed by atoms with Crippen LogP contribution >= 0.6 is 11.6 Å². The zero-order valence-corrected chi connectivity index (χ0v) is 14.4. The highest BCUT2D eigenvalue weighted by molar-refractivity contribution is 7.89. The Bertz CT molecular complexity index is 604. The Balaban J connectivity index is 2.24. The van der Waals surface area contributed by atoms with Crippen molar-refractivity contribution in [2.75, 3.05) is 27.2 Å². The molecule has 1 aliphatic rings. The summed E-state index contributed by atoms with van der Waals surface area (Å²) < 4.78 is 27.0. The molecule has 0 amide bonds. The molecule has 2 rings (SSSR count). The van der Waals surface area contributed by atoms with E-state index in [0.29, 0.717) is 23.4 Å². The van der Waals surface area contributed by atoms with Gasteiger partial charge in [-0.3, -0.25) is 0 Å². The molecule has 1 aromatic rings. The summed E-state index contributed by atoms with van der Waals surface area (Å²) in [6.07, 6.45) is 2.19. The first kappa shape index (κ1) is 16.7. The number of halogens is 1. The molecule has 1 fully saturated rings. The molecule has 6 heteroatoms. The normalized spacial score (nSPS) is 20.3. The second kappa shape index (κ2) is 6.65. The smallest absolute Gasteiger partial charge is 0.243 e. The highest BCUT2D eigenvalue weighted by atomic mass is 35.5. The molecule has 0 spiro atoms. The van der Waals surface area contributed by atoms with E-state index < -0.39 is 10.0 Å². The number of hydrogen-bond acceptors (Lipinski definition) is 3. The SMILES string of the molecule is Cc1ccc(CCl)cc1S(=O)(=O)N(C)CC1CCCN1C. The topological polar surface area (TPSA) is 40.6 Å².